The highest BCUT2D eigenvalue weighted by molar-refractivity contribution is 6.11. The fraction of sp³-hybridized carbons (Fsp3) is 0.0526. The number of carbonyl (C=O) groups excluding carboxylic acids is 1. The number of fused-ring (bicyclic) bond motifs is 1. The van der Waals surface area contributed by atoms with Crippen molar-refractivity contribution in [1.82, 2.24) is 19.7 Å². The van der Waals surface area contributed by atoms with Gasteiger partial charge in [0.1, 0.15) is 5.69 Å². The van der Waals surface area contributed by atoms with E-state index in [0.717, 1.165) is 16.3 Å². The van der Waals surface area contributed by atoms with E-state index in [0.29, 0.717) is 16.9 Å². The SMILES string of the molecule is Cn1cc(C(=O)Nc2cncc3ccccc23)c(-c2ccncc2)n1. The van der Waals surface area contributed by atoms with Crippen LogP contribution in [0.3, 0.4) is 0 Å². The Hall–Kier alpha value is -3.54. The molecule has 0 atom stereocenters. The zero-order valence-corrected chi connectivity index (χ0v) is 13.5. The second kappa shape index (κ2) is 6.16. The third-order valence-corrected chi connectivity index (χ3v) is 3.94. The van der Waals surface area contributed by atoms with Crippen molar-refractivity contribution < 1.29 is 4.79 Å². The van der Waals surface area contributed by atoms with E-state index in [4.69, 9.17) is 0 Å². The van der Waals surface area contributed by atoms with Gasteiger partial charge in [-0.05, 0) is 12.1 Å². The van der Waals surface area contributed by atoms with E-state index in [2.05, 4.69) is 20.4 Å². The Morgan fingerprint density at radius 2 is 1.84 bits per heavy atom. The van der Waals surface area contributed by atoms with Gasteiger partial charge in [0.25, 0.3) is 5.91 Å². The maximum absolute atomic E-state index is 12.9. The smallest absolute Gasteiger partial charge is 0.259 e. The highest BCUT2D eigenvalue weighted by Crippen LogP contribution is 2.25. The van der Waals surface area contributed by atoms with Gasteiger partial charge in [-0.15, -0.1) is 0 Å². The highest BCUT2D eigenvalue weighted by atomic mass is 16.1. The Kier molecular flexibility index (Phi) is 3.70. The first-order valence-electron chi connectivity index (χ1n) is 7.80. The van der Waals surface area contributed by atoms with Gasteiger partial charge in [-0.2, -0.15) is 5.10 Å². The summed E-state index contributed by atoms with van der Waals surface area (Å²) in [6.07, 6.45) is 8.50. The molecule has 0 aliphatic carbocycles. The van der Waals surface area contributed by atoms with Gasteiger partial charge >= 0.3 is 0 Å². The van der Waals surface area contributed by atoms with E-state index < -0.39 is 0 Å². The number of amides is 1. The highest BCUT2D eigenvalue weighted by Gasteiger charge is 2.18. The number of hydrogen-bond donors (Lipinski definition) is 1. The first-order valence-corrected chi connectivity index (χ1v) is 7.80. The monoisotopic (exact) mass is 329 g/mol. The number of rotatable bonds is 3. The number of hydrogen-bond acceptors (Lipinski definition) is 4. The van der Waals surface area contributed by atoms with Gasteiger partial charge in [-0.1, -0.05) is 24.3 Å². The summed E-state index contributed by atoms with van der Waals surface area (Å²) >= 11 is 0. The van der Waals surface area contributed by atoms with Crippen molar-refractivity contribution in [2.75, 3.05) is 5.32 Å². The van der Waals surface area contributed by atoms with E-state index in [9.17, 15) is 4.79 Å². The quantitative estimate of drug-likeness (QED) is 0.626. The summed E-state index contributed by atoms with van der Waals surface area (Å²) in [6.45, 7) is 0. The molecule has 1 aromatic carbocycles. The molecular formula is C19H15N5O. The van der Waals surface area contributed by atoms with Crippen LogP contribution in [0, 0.1) is 0 Å². The van der Waals surface area contributed by atoms with Crippen LogP contribution in [0.15, 0.2) is 67.4 Å². The van der Waals surface area contributed by atoms with E-state index in [1.165, 1.54) is 0 Å². The number of aryl methyl sites for hydroxylation is 1. The largest absolute Gasteiger partial charge is 0.320 e. The lowest BCUT2D eigenvalue weighted by atomic mass is 10.1. The first-order chi connectivity index (χ1) is 12.2. The molecule has 1 amide bonds. The number of aromatic nitrogens is 4. The van der Waals surface area contributed by atoms with Crippen molar-refractivity contribution in [3.63, 3.8) is 0 Å². The van der Waals surface area contributed by atoms with Gasteiger partial charge in [0.15, 0.2) is 0 Å². The Morgan fingerprint density at radius 1 is 1.04 bits per heavy atom. The average Bonchev–Trinajstić information content (AvgIpc) is 3.05. The molecule has 122 valence electrons. The number of nitrogens with zero attached hydrogens (tertiary/aromatic N) is 4. The molecule has 0 unspecified atom stereocenters. The third-order valence-electron chi connectivity index (χ3n) is 3.94. The Labute approximate surface area is 144 Å². The van der Waals surface area contributed by atoms with E-state index >= 15 is 0 Å². The fourth-order valence-electron chi connectivity index (χ4n) is 2.78. The van der Waals surface area contributed by atoms with E-state index in [-0.39, 0.29) is 5.91 Å². The van der Waals surface area contributed by atoms with Crippen molar-refractivity contribution in [2.24, 2.45) is 7.05 Å². The van der Waals surface area contributed by atoms with Crippen molar-refractivity contribution in [1.29, 1.82) is 0 Å². The van der Waals surface area contributed by atoms with Gasteiger partial charge in [0.05, 0.1) is 17.4 Å². The molecule has 0 bridgehead atoms. The average molecular weight is 329 g/mol. The molecule has 4 rings (SSSR count). The number of benzene rings is 1. The Balaban J connectivity index is 1.73. The molecular weight excluding hydrogens is 314 g/mol. The van der Waals surface area contributed by atoms with Crippen LogP contribution in [-0.4, -0.2) is 25.7 Å². The normalized spacial score (nSPS) is 10.8. The molecule has 6 heteroatoms. The summed E-state index contributed by atoms with van der Waals surface area (Å²) in [5.74, 6) is -0.224. The number of anilines is 1. The van der Waals surface area contributed by atoms with Gasteiger partial charge in [-0.25, -0.2) is 0 Å². The van der Waals surface area contributed by atoms with E-state index in [1.54, 1.807) is 42.7 Å². The third kappa shape index (κ3) is 2.85. The van der Waals surface area contributed by atoms with Crippen LogP contribution in [0.4, 0.5) is 5.69 Å². The van der Waals surface area contributed by atoms with Crippen LogP contribution in [0.25, 0.3) is 22.0 Å². The lowest BCUT2D eigenvalue weighted by Crippen LogP contribution is -2.12. The van der Waals surface area contributed by atoms with Crippen LogP contribution < -0.4 is 5.32 Å². The lowest BCUT2D eigenvalue weighted by Gasteiger charge is -2.08. The molecule has 0 saturated heterocycles. The summed E-state index contributed by atoms with van der Waals surface area (Å²) in [7, 11) is 1.79. The standard InChI is InChI=1S/C19H15N5O/c1-24-12-16(18(23-24)13-6-8-20-9-7-13)19(25)22-17-11-21-10-14-4-2-3-5-15(14)17/h2-12H,1H3,(H,22,25). The van der Waals surface area contributed by atoms with Gasteiger partial charge in [0.2, 0.25) is 0 Å². The zero-order chi connectivity index (χ0) is 17.2. The minimum absolute atomic E-state index is 0.224. The van der Waals surface area contributed by atoms with Crippen molar-refractivity contribution >= 4 is 22.4 Å². The minimum atomic E-state index is -0.224. The molecule has 4 aromatic rings. The molecule has 0 radical (unpaired) electrons. The first kappa shape index (κ1) is 15.0. The van der Waals surface area contributed by atoms with Gasteiger partial charge in [-0.3, -0.25) is 19.4 Å². The lowest BCUT2D eigenvalue weighted by molar-refractivity contribution is 0.102. The van der Waals surface area contributed by atoms with Crippen molar-refractivity contribution in [3.05, 3.63) is 72.9 Å². The molecule has 0 aliphatic heterocycles. The summed E-state index contributed by atoms with van der Waals surface area (Å²) < 4.78 is 1.63. The molecule has 1 N–H and O–H groups in total. The molecule has 3 aromatic heterocycles. The minimum Gasteiger partial charge on any atom is -0.320 e. The molecule has 0 spiro atoms. The van der Waals surface area contributed by atoms with Crippen LogP contribution in [-0.2, 0) is 7.05 Å². The second-order valence-electron chi connectivity index (χ2n) is 5.66. The van der Waals surface area contributed by atoms with Crippen LogP contribution in [0.5, 0.6) is 0 Å². The van der Waals surface area contributed by atoms with Crippen molar-refractivity contribution in [2.45, 2.75) is 0 Å². The maximum Gasteiger partial charge on any atom is 0.259 e. The van der Waals surface area contributed by atoms with Gasteiger partial charge in [0, 0.05) is 48.2 Å². The van der Waals surface area contributed by atoms with Crippen LogP contribution in [0.1, 0.15) is 10.4 Å². The van der Waals surface area contributed by atoms with Gasteiger partial charge < -0.3 is 5.32 Å². The summed E-state index contributed by atoms with van der Waals surface area (Å²) in [5, 5.41) is 9.29. The Bertz CT molecular complexity index is 1050. The fourth-order valence-corrected chi connectivity index (χ4v) is 2.78. The van der Waals surface area contributed by atoms with Crippen molar-refractivity contribution in [3.8, 4) is 11.3 Å². The summed E-state index contributed by atoms with van der Waals surface area (Å²) in [4.78, 5) is 21.1. The molecule has 3 heterocycles. The summed E-state index contributed by atoms with van der Waals surface area (Å²) in [5.41, 5.74) is 2.64. The number of carbonyl (C=O) groups is 1. The van der Waals surface area contributed by atoms with Crippen LogP contribution >= 0.6 is 0 Å². The van der Waals surface area contributed by atoms with E-state index in [1.807, 2.05) is 36.4 Å². The predicted molar refractivity (Wildman–Crippen MR) is 96.1 cm³/mol. The summed E-state index contributed by atoms with van der Waals surface area (Å²) in [6, 6.07) is 11.5. The molecule has 0 saturated carbocycles. The molecule has 6 nitrogen and oxygen atoms in total. The molecule has 0 aliphatic rings. The predicted octanol–water partition coefficient (Wildman–Crippen LogP) is 3.28. The number of pyridine rings is 2. The number of nitrogens with one attached hydrogen (secondary N) is 1. The second-order valence-corrected chi connectivity index (χ2v) is 5.66. The topological polar surface area (TPSA) is 72.7 Å². The van der Waals surface area contributed by atoms with Crippen LogP contribution in [0.2, 0.25) is 0 Å². The maximum atomic E-state index is 12.9. The Morgan fingerprint density at radius 3 is 2.68 bits per heavy atom. The molecule has 0 fully saturated rings. The molecule has 25 heavy (non-hydrogen) atoms. The zero-order valence-electron chi connectivity index (χ0n) is 13.5.